The first kappa shape index (κ1) is 36.1. The van der Waals surface area contributed by atoms with Gasteiger partial charge < -0.3 is 30.1 Å². The van der Waals surface area contributed by atoms with Gasteiger partial charge >= 0.3 is 6.18 Å². The second kappa shape index (κ2) is 15.1. The Morgan fingerprint density at radius 2 is 1.74 bits per heavy atom. The molecule has 6 rings (SSSR count). The zero-order chi connectivity index (χ0) is 36.2. The first-order chi connectivity index (χ1) is 23.8. The van der Waals surface area contributed by atoms with Crippen LogP contribution in [0.5, 0.6) is 0 Å². The predicted molar refractivity (Wildman–Crippen MR) is 174 cm³/mol. The van der Waals surface area contributed by atoms with Crippen LogP contribution in [0.3, 0.4) is 0 Å². The number of halogens is 4. The van der Waals surface area contributed by atoms with Crippen molar-refractivity contribution in [1.82, 2.24) is 44.6 Å². The van der Waals surface area contributed by atoms with E-state index in [-0.39, 0.29) is 57.6 Å². The summed E-state index contributed by atoms with van der Waals surface area (Å²) in [5.74, 6) is -0.996. The van der Waals surface area contributed by atoms with Crippen molar-refractivity contribution >= 4 is 41.5 Å². The fourth-order valence-corrected chi connectivity index (χ4v) is 6.18. The fraction of sp³-hybridized carbons (Fsp3) is 0.387. The molecular weight excluding hydrogens is 685 g/mol. The summed E-state index contributed by atoms with van der Waals surface area (Å²) in [6, 6.07) is 4.43. The van der Waals surface area contributed by atoms with Gasteiger partial charge in [0.25, 0.3) is 18.3 Å². The molecule has 0 radical (unpaired) electrons. The maximum Gasteiger partial charge on any atom is 0.435 e. The number of hydrogen-bond acceptors (Lipinski definition) is 8. The quantitative estimate of drug-likeness (QED) is 0.218. The minimum Gasteiger partial charge on any atom is -0.483 e. The minimum atomic E-state index is -4.78. The van der Waals surface area contributed by atoms with Crippen LogP contribution in [-0.4, -0.2) is 108 Å². The topological polar surface area (TPSA) is 183 Å². The average molecular weight is 719 g/mol. The van der Waals surface area contributed by atoms with E-state index >= 15 is 0 Å². The highest BCUT2D eigenvalue weighted by molar-refractivity contribution is 6.34. The Morgan fingerprint density at radius 3 is 2.34 bits per heavy atom. The summed E-state index contributed by atoms with van der Waals surface area (Å²) in [6.45, 7) is 4.70. The molecule has 0 bridgehead atoms. The summed E-state index contributed by atoms with van der Waals surface area (Å²) < 4.78 is 44.2. The molecule has 2 fully saturated rings. The molecule has 1 aromatic carbocycles. The standard InChI is InChI=1S/C30H32ClF3N10O3.CH2O2/c1-17-23(15-37-39-17)44-16-21(25(40-44)30(32,33)34)24-14-36-26(41(24)2)27(45)38-19-3-4-20(22(31)13-19)29(47)43-11-9-42(10-12-43)28(46)18-5-7-35-8-6-18;2-1-3/h3-4,13-16,18,35H,5-12H2,1-2H3,(H,37,39)(H,38,45);1H,(H,2,3). The number of nitrogens with zero attached hydrogens (tertiary/aromatic N) is 7. The number of aromatic nitrogens is 6. The maximum atomic E-state index is 14.0. The third kappa shape index (κ3) is 7.65. The molecule has 0 unspecified atom stereocenters. The lowest BCUT2D eigenvalue weighted by molar-refractivity contribution is -0.141. The molecule has 2 saturated heterocycles. The molecule has 4 N–H and O–H groups in total. The number of nitrogens with one attached hydrogen (secondary N) is 3. The number of amides is 3. The normalized spacial score (nSPS) is 15.3. The van der Waals surface area contributed by atoms with Gasteiger partial charge in [-0.1, -0.05) is 11.6 Å². The highest BCUT2D eigenvalue weighted by Gasteiger charge is 2.39. The third-order valence-electron chi connectivity index (χ3n) is 8.52. The summed E-state index contributed by atoms with van der Waals surface area (Å²) in [6.07, 6.45) is 0.587. The lowest BCUT2D eigenvalue weighted by Gasteiger charge is -2.37. The van der Waals surface area contributed by atoms with Gasteiger partial charge in [-0.25, -0.2) is 9.67 Å². The SMILES string of the molecule is Cc1[nH]ncc1-n1cc(-c2cnc(C(=O)Nc3ccc(C(=O)N4CCN(C(=O)C5CCNCC5)CC4)c(Cl)c3)n2C)c(C(F)(F)F)n1.O=CO. The second-order valence-corrected chi connectivity index (χ2v) is 12.0. The van der Waals surface area contributed by atoms with Crippen LogP contribution >= 0.6 is 11.6 Å². The number of benzene rings is 1. The van der Waals surface area contributed by atoms with Gasteiger partial charge in [-0.3, -0.25) is 24.3 Å². The maximum absolute atomic E-state index is 14.0. The van der Waals surface area contributed by atoms with E-state index in [2.05, 4.69) is 30.9 Å². The molecule has 266 valence electrons. The number of aryl methyl sites for hydroxylation is 1. The van der Waals surface area contributed by atoms with E-state index in [1.54, 1.807) is 11.8 Å². The van der Waals surface area contributed by atoms with Gasteiger partial charge in [0.1, 0.15) is 5.69 Å². The Hall–Kier alpha value is -5.23. The molecule has 50 heavy (non-hydrogen) atoms. The number of imidazole rings is 1. The number of alkyl halides is 3. The molecule has 0 aliphatic carbocycles. The summed E-state index contributed by atoms with van der Waals surface area (Å²) in [7, 11) is 1.42. The number of aromatic amines is 1. The monoisotopic (exact) mass is 718 g/mol. The summed E-state index contributed by atoms with van der Waals surface area (Å²) in [5, 5.41) is 23.2. The van der Waals surface area contributed by atoms with Crippen molar-refractivity contribution in [3.63, 3.8) is 0 Å². The Kier molecular flexibility index (Phi) is 10.9. The van der Waals surface area contributed by atoms with Crippen molar-refractivity contribution in [2.75, 3.05) is 44.6 Å². The van der Waals surface area contributed by atoms with Gasteiger partial charge in [0.05, 0.1) is 39.9 Å². The molecule has 3 amide bonds. The molecule has 0 atom stereocenters. The zero-order valence-corrected chi connectivity index (χ0v) is 27.8. The van der Waals surface area contributed by atoms with Crippen molar-refractivity contribution in [3.8, 4) is 16.9 Å². The van der Waals surface area contributed by atoms with E-state index < -0.39 is 17.8 Å². The van der Waals surface area contributed by atoms with Crippen LogP contribution in [0.25, 0.3) is 16.9 Å². The predicted octanol–water partition coefficient (Wildman–Crippen LogP) is 3.21. The number of carbonyl (C=O) groups excluding carboxylic acids is 3. The van der Waals surface area contributed by atoms with E-state index in [0.717, 1.165) is 30.6 Å². The van der Waals surface area contributed by atoms with Crippen LogP contribution < -0.4 is 10.6 Å². The first-order valence-electron chi connectivity index (χ1n) is 15.5. The molecule has 15 nitrogen and oxygen atoms in total. The molecule has 3 aromatic heterocycles. The summed E-state index contributed by atoms with van der Waals surface area (Å²) in [5.41, 5.74) is -0.0304. The van der Waals surface area contributed by atoms with E-state index in [4.69, 9.17) is 21.5 Å². The van der Waals surface area contributed by atoms with Gasteiger partial charge in [-0.05, 0) is 51.1 Å². The Labute approximate surface area is 288 Å². The van der Waals surface area contributed by atoms with Crippen molar-refractivity contribution in [3.05, 3.63) is 64.6 Å². The van der Waals surface area contributed by atoms with E-state index in [1.165, 1.54) is 48.4 Å². The minimum absolute atomic E-state index is 0.0152. The number of carboxylic acid groups (broad SMARTS) is 1. The van der Waals surface area contributed by atoms with Crippen LogP contribution in [0.1, 0.15) is 45.2 Å². The third-order valence-corrected chi connectivity index (χ3v) is 8.84. The average Bonchev–Trinajstić information content (AvgIpc) is 3.83. The Balaban J connectivity index is 0.00000156. The van der Waals surface area contributed by atoms with Crippen molar-refractivity contribution in [2.24, 2.45) is 13.0 Å². The molecule has 0 saturated carbocycles. The summed E-state index contributed by atoms with van der Waals surface area (Å²) in [4.78, 5) is 55.2. The number of rotatable bonds is 6. The van der Waals surface area contributed by atoms with E-state index in [9.17, 15) is 27.6 Å². The number of piperidine rings is 1. The van der Waals surface area contributed by atoms with Gasteiger partial charge in [-0.2, -0.15) is 23.4 Å². The van der Waals surface area contributed by atoms with Gasteiger partial charge in [0.15, 0.2) is 11.5 Å². The molecule has 4 aromatic rings. The smallest absolute Gasteiger partial charge is 0.435 e. The van der Waals surface area contributed by atoms with Gasteiger partial charge in [-0.15, -0.1) is 0 Å². The lowest BCUT2D eigenvalue weighted by atomic mass is 9.96. The number of H-pyrrole nitrogens is 1. The Morgan fingerprint density at radius 1 is 1.08 bits per heavy atom. The van der Waals surface area contributed by atoms with E-state index in [1.807, 2.05) is 4.90 Å². The Bertz CT molecular complexity index is 1870. The lowest BCUT2D eigenvalue weighted by Crippen LogP contribution is -2.52. The number of hydrogen-bond donors (Lipinski definition) is 4. The largest absolute Gasteiger partial charge is 0.483 e. The number of piperazine rings is 1. The van der Waals surface area contributed by atoms with Crippen LogP contribution in [0, 0.1) is 12.8 Å². The van der Waals surface area contributed by atoms with E-state index in [0.29, 0.717) is 37.6 Å². The van der Waals surface area contributed by atoms with Gasteiger partial charge in [0.2, 0.25) is 5.91 Å². The highest BCUT2D eigenvalue weighted by Crippen LogP contribution is 2.37. The van der Waals surface area contributed by atoms with Crippen LogP contribution in [0.2, 0.25) is 5.02 Å². The molecular formula is C31H34ClF3N10O5. The van der Waals surface area contributed by atoms with Gasteiger partial charge in [0, 0.05) is 51.0 Å². The molecule has 2 aliphatic heterocycles. The van der Waals surface area contributed by atoms with Crippen LogP contribution in [0.4, 0.5) is 18.9 Å². The van der Waals surface area contributed by atoms with Crippen LogP contribution in [0.15, 0.2) is 36.8 Å². The second-order valence-electron chi connectivity index (χ2n) is 11.6. The zero-order valence-electron chi connectivity index (χ0n) is 27.0. The highest BCUT2D eigenvalue weighted by atomic mass is 35.5. The number of anilines is 1. The van der Waals surface area contributed by atoms with Crippen molar-refractivity contribution in [2.45, 2.75) is 25.9 Å². The number of carbonyl (C=O) groups is 4. The fourth-order valence-electron chi connectivity index (χ4n) is 5.92. The van der Waals surface area contributed by atoms with Crippen LogP contribution in [-0.2, 0) is 22.8 Å². The van der Waals surface area contributed by atoms with Crippen molar-refractivity contribution < 1.29 is 37.5 Å². The molecule has 0 spiro atoms. The molecule has 2 aliphatic rings. The van der Waals surface area contributed by atoms with Crippen molar-refractivity contribution in [1.29, 1.82) is 0 Å². The molecule has 19 heteroatoms. The molecule has 5 heterocycles. The first-order valence-corrected chi connectivity index (χ1v) is 15.9. The summed E-state index contributed by atoms with van der Waals surface area (Å²) >= 11 is 6.47.